The molecule has 0 aromatic heterocycles. The molecule has 0 aliphatic carbocycles. The molecule has 25 heavy (non-hydrogen) atoms. The van der Waals surface area contributed by atoms with E-state index in [9.17, 15) is 9.90 Å². The third kappa shape index (κ3) is 3.48. The first kappa shape index (κ1) is 18.8. The number of hydrogen-bond donors (Lipinski definition) is 1. The molecule has 0 spiro atoms. The van der Waals surface area contributed by atoms with Gasteiger partial charge in [0, 0.05) is 11.0 Å². The molecule has 0 heterocycles. The topological polar surface area (TPSA) is 55.8 Å². The molecular formula is C21H26O4. The van der Waals surface area contributed by atoms with Gasteiger partial charge < -0.3 is 14.6 Å². The van der Waals surface area contributed by atoms with Crippen LogP contribution in [0, 0.1) is 5.41 Å². The second kappa shape index (κ2) is 7.18. The summed E-state index contributed by atoms with van der Waals surface area (Å²) in [6.07, 6.45) is -0.0515. The van der Waals surface area contributed by atoms with Crippen LogP contribution in [0.2, 0.25) is 0 Å². The lowest BCUT2D eigenvalue weighted by atomic mass is 9.57. The Hall–Kier alpha value is -2.49. The Morgan fingerprint density at radius 1 is 1.00 bits per heavy atom. The van der Waals surface area contributed by atoms with Crippen LogP contribution < -0.4 is 9.47 Å². The Morgan fingerprint density at radius 2 is 1.68 bits per heavy atom. The predicted octanol–water partition coefficient (Wildman–Crippen LogP) is 4.51. The van der Waals surface area contributed by atoms with Gasteiger partial charge in [0.15, 0.2) is 0 Å². The summed E-state index contributed by atoms with van der Waals surface area (Å²) in [5, 5.41) is 9.75. The summed E-state index contributed by atoms with van der Waals surface area (Å²) in [6, 6.07) is 15.3. The van der Waals surface area contributed by atoms with Crippen LogP contribution in [-0.2, 0) is 10.2 Å². The van der Waals surface area contributed by atoms with Crippen molar-refractivity contribution in [2.24, 2.45) is 5.41 Å². The number of aliphatic carboxylic acids is 1. The standard InChI is InChI=1S/C21H26O4/c1-20(2,3)21(14-19(22)23,15-9-8-10-16(13-15)24-4)17-11-6-7-12-18(17)25-5/h6-13H,14H2,1-5H3,(H,22,23). The van der Waals surface area contributed by atoms with Gasteiger partial charge in [0.05, 0.1) is 20.6 Å². The smallest absolute Gasteiger partial charge is 0.304 e. The normalized spacial score (nSPS) is 13.8. The molecule has 1 N–H and O–H groups in total. The van der Waals surface area contributed by atoms with Gasteiger partial charge in [-0.25, -0.2) is 0 Å². The van der Waals surface area contributed by atoms with Crippen molar-refractivity contribution in [3.63, 3.8) is 0 Å². The Balaban J connectivity index is 2.88. The monoisotopic (exact) mass is 342 g/mol. The average molecular weight is 342 g/mol. The van der Waals surface area contributed by atoms with Crippen molar-refractivity contribution in [1.82, 2.24) is 0 Å². The highest BCUT2D eigenvalue weighted by Crippen LogP contribution is 2.52. The van der Waals surface area contributed by atoms with Crippen LogP contribution in [0.1, 0.15) is 38.3 Å². The zero-order chi connectivity index (χ0) is 18.7. The van der Waals surface area contributed by atoms with Crippen LogP contribution in [0.5, 0.6) is 11.5 Å². The number of ether oxygens (including phenoxy) is 2. The lowest BCUT2D eigenvalue weighted by Gasteiger charge is -2.45. The van der Waals surface area contributed by atoms with Crippen LogP contribution >= 0.6 is 0 Å². The van der Waals surface area contributed by atoms with Crippen LogP contribution in [0.3, 0.4) is 0 Å². The summed E-state index contributed by atoms with van der Waals surface area (Å²) in [5.74, 6) is 0.525. The Labute approximate surface area is 149 Å². The number of para-hydroxylation sites is 1. The summed E-state index contributed by atoms with van der Waals surface area (Å²) < 4.78 is 11.0. The summed E-state index contributed by atoms with van der Waals surface area (Å²) in [7, 11) is 3.22. The van der Waals surface area contributed by atoms with Gasteiger partial charge in [0.1, 0.15) is 11.5 Å². The van der Waals surface area contributed by atoms with Gasteiger partial charge in [0.25, 0.3) is 0 Å². The van der Waals surface area contributed by atoms with E-state index in [1.54, 1.807) is 14.2 Å². The maximum absolute atomic E-state index is 11.9. The summed E-state index contributed by atoms with van der Waals surface area (Å²) in [5.41, 5.74) is 0.596. The first-order chi connectivity index (χ1) is 11.8. The number of methoxy groups -OCH3 is 2. The van der Waals surface area contributed by atoms with Crippen molar-refractivity contribution < 1.29 is 19.4 Å². The molecule has 0 saturated heterocycles. The highest BCUT2D eigenvalue weighted by Gasteiger charge is 2.48. The third-order valence-corrected chi connectivity index (χ3v) is 4.83. The quantitative estimate of drug-likeness (QED) is 0.839. The molecule has 4 nitrogen and oxygen atoms in total. The van der Waals surface area contributed by atoms with Gasteiger partial charge >= 0.3 is 5.97 Å². The minimum absolute atomic E-state index is 0.0515. The van der Waals surface area contributed by atoms with Gasteiger partial charge in [-0.1, -0.05) is 51.1 Å². The van der Waals surface area contributed by atoms with Crippen LogP contribution in [-0.4, -0.2) is 25.3 Å². The first-order valence-electron chi connectivity index (χ1n) is 8.26. The van der Waals surface area contributed by atoms with E-state index in [4.69, 9.17) is 9.47 Å². The maximum Gasteiger partial charge on any atom is 0.304 e. The van der Waals surface area contributed by atoms with Crippen LogP contribution in [0.15, 0.2) is 48.5 Å². The highest BCUT2D eigenvalue weighted by molar-refractivity contribution is 5.72. The van der Waals surface area contributed by atoms with Crippen molar-refractivity contribution in [2.45, 2.75) is 32.6 Å². The minimum atomic E-state index is -0.858. The molecule has 1 atom stereocenters. The Bertz CT molecular complexity index is 746. The molecule has 134 valence electrons. The number of hydrogen-bond acceptors (Lipinski definition) is 3. The average Bonchev–Trinajstić information content (AvgIpc) is 2.58. The lowest BCUT2D eigenvalue weighted by molar-refractivity contribution is -0.139. The number of rotatable bonds is 6. The van der Waals surface area contributed by atoms with E-state index in [1.165, 1.54) is 0 Å². The van der Waals surface area contributed by atoms with Crippen molar-refractivity contribution in [3.8, 4) is 11.5 Å². The van der Waals surface area contributed by atoms with Crippen LogP contribution in [0.25, 0.3) is 0 Å². The van der Waals surface area contributed by atoms with E-state index in [0.717, 1.165) is 11.1 Å². The highest BCUT2D eigenvalue weighted by atomic mass is 16.5. The maximum atomic E-state index is 11.9. The fourth-order valence-electron chi connectivity index (χ4n) is 3.57. The molecule has 1 unspecified atom stereocenters. The second-order valence-electron chi connectivity index (χ2n) is 7.16. The van der Waals surface area contributed by atoms with Gasteiger partial charge in [-0.2, -0.15) is 0 Å². The molecule has 2 aromatic carbocycles. The van der Waals surface area contributed by atoms with Gasteiger partial charge in [0.2, 0.25) is 0 Å². The first-order valence-corrected chi connectivity index (χ1v) is 8.26. The molecule has 0 aliphatic heterocycles. The summed E-state index contributed by atoms with van der Waals surface area (Å²) >= 11 is 0. The van der Waals surface area contributed by atoms with Crippen molar-refractivity contribution in [3.05, 3.63) is 59.7 Å². The van der Waals surface area contributed by atoms with E-state index in [-0.39, 0.29) is 11.8 Å². The minimum Gasteiger partial charge on any atom is -0.497 e. The van der Waals surface area contributed by atoms with E-state index >= 15 is 0 Å². The molecule has 0 bridgehead atoms. The van der Waals surface area contributed by atoms with Crippen molar-refractivity contribution >= 4 is 5.97 Å². The van der Waals surface area contributed by atoms with E-state index in [0.29, 0.717) is 11.5 Å². The van der Waals surface area contributed by atoms with Gasteiger partial charge in [-0.15, -0.1) is 0 Å². The van der Waals surface area contributed by atoms with E-state index < -0.39 is 11.4 Å². The molecular weight excluding hydrogens is 316 g/mol. The zero-order valence-corrected chi connectivity index (χ0v) is 15.5. The molecule has 0 saturated carbocycles. The third-order valence-electron chi connectivity index (χ3n) is 4.83. The van der Waals surface area contributed by atoms with Crippen molar-refractivity contribution in [1.29, 1.82) is 0 Å². The number of carboxylic acids is 1. The van der Waals surface area contributed by atoms with Crippen LogP contribution in [0.4, 0.5) is 0 Å². The number of benzene rings is 2. The largest absolute Gasteiger partial charge is 0.497 e. The Morgan fingerprint density at radius 3 is 2.24 bits per heavy atom. The fourth-order valence-corrected chi connectivity index (χ4v) is 3.57. The van der Waals surface area contributed by atoms with E-state index in [1.807, 2.05) is 48.5 Å². The van der Waals surface area contributed by atoms with Gasteiger partial charge in [-0.3, -0.25) is 4.79 Å². The molecule has 0 radical (unpaired) electrons. The molecule has 0 fully saturated rings. The predicted molar refractivity (Wildman–Crippen MR) is 98.5 cm³/mol. The second-order valence-corrected chi connectivity index (χ2v) is 7.16. The lowest BCUT2D eigenvalue weighted by Crippen LogP contribution is -2.43. The van der Waals surface area contributed by atoms with E-state index in [2.05, 4.69) is 20.8 Å². The summed E-state index contributed by atoms with van der Waals surface area (Å²) in [4.78, 5) is 11.9. The molecule has 0 amide bonds. The molecule has 0 aliphatic rings. The Kier molecular flexibility index (Phi) is 5.41. The fraction of sp³-hybridized carbons (Fsp3) is 0.381. The number of carbonyl (C=O) groups is 1. The SMILES string of the molecule is COc1cccc(C(CC(=O)O)(c2ccccc2OC)C(C)(C)C)c1. The molecule has 2 rings (SSSR count). The molecule has 4 heteroatoms. The molecule has 2 aromatic rings. The van der Waals surface area contributed by atoms with Crippen molar-refractivity contribution in [2.75, 3.05) is 14.2 Å². The van der Waals surface area contributed by atoms with Gasteiger partial charge in [-0.05, 0) is 29.2 Å². The number of carboxylic acid groups (broad SMARTS) is 1. The zero-order valence-electron chi connectivity index (χ0n) is 15.5. The summed E-state index contributed by atoms with van der Waals surface area (Å²) in [6.45, 7) is 6.17.